The fraction of sp³-hybridized carbons (Fsp3) is 0.500. The van der Waals surface area contributed by atoms with E-state index in [4.69, 9.17) is 0 Å². The van der Waals surface area contributed by atoms with Gasteiger partial charge in [0.05, 0.1) is 11.9 Å². The van der Waals surface area contributed by atoms with E-state index in [1.165, 1.54) is 12.5 Å². The number of nitrogens with one attached hydrogen (secondary N) is 1. The first-order chi connectivity index (χ1) is 10.9. The Balaban J connectivity index is 1.71. The van der Waals surface area contributed by atoms with Gasteiger partial charge >= 0.3 is 0 Å². The predicted molar refractivity (Wildman–Crippen MR) is 82.6 cm³/mol. The average molecular weight is 337 g/mol. The first-order valence-corrected chi connectivity index (χ1v) is 9.24. The van der Waals surface area contributed by atoms with Crippen LogP contribution in [0.2, 0.25) is 0 Å². The maximum atomic E-state index is 12.4. The van der Waals surface area contributed by atoms with Gasteiger partial charge in [0.1, 0.15) is 17.3 Å². The van der Waals surface area contributed by atoms with Crippen LogP contribution in [0.1, 0.15) is 23.9 Å². The van der Waals surface area contributed by atoms with Crippen molar-refractivity contribution in [2.45, 2.75) is 30.7 Å². The summed E-state index contributed by atoms with van der Waals surface area (Å²) in [6.07, 6.45) is 6.67. The maximum Gasteiger partial charge on any atom is 0.242 e. The third kappa shape index (κ3) is 3.14. The Labute approximate surface area is 134 Å². The van der Waals surface area contributed by atoms with Gasteiger partial charge in [-0.1, -0.05) is 0 Å². The summed E-state index contributed by atoms with van der Waals surface area (Å²) in [5.74, 6) is 0.770. The smallest absolute Gasteiger partial charge is 0.242 e. The molecule has 0 radical (unpaired) electrons. The van der Waals surface area contributed by atoms with E-state index in [9.17, 15) is 13.2 Å². The molecule has 23 heavy (non-hydrogen) atoms. The quantitative estimate of drug-likeness (QED) is 0.867. The molecule has 3 heterocycles. The van der Waals surface area contributed by atoms with Crippen molar-refractivity contribution in [2.24, 2.45) is 0 Å². The molecule has 1 atom stereocenters. The van der Waals surface area contributed by atoms with E-state index in [0.29, 0.717) is 18.8 Å². The number of rotatable bonds is 4. The van der Waals surface area contributed by atoms with Crippen LogP contribution in [0, 0.1) is 6.92 Å². The molecule has 1 aliphatic heterocycles. The predicted octanol–water partition coefficient (Wildman–Crippen LogP) is 0.334. The Kier molecular flexibility index (Phi) is 3.97. The number of carbonyl (C=O) groups excluding carboxylic acids is 1. The lowest BCUT2D eigenvalue weighted by Gasteiger charge is -2.17. The molecule has 1 saturated heterocycles. The molecule has 0 aliphatic carbocycles. The fourth-order valence-electron chi connectivity index (χ4n) is 2.91. The highest BCUT2D eigenvalue weighted by atomic mass is 32.2. The SMILES string of the molecule is Cc1nccn1CC(=O)N1CCC(c2[nH]ncc2S(C)(=O)=O)C1. The van der Waals surface area contributed by atoms with Crippen LogP contribution >= 0.6 is 0 Å². The summed E-state index contributed by atoms with van der Waals surface area (Å²) < 4.78 is 25.4. The van der Waals surface area contributed by atoms with Crippen LogP contribution in [-0.4, -0.2) is 58.3 Å². The minimum Gasteiger partial charge on any atom is -0.340 e. The van der Waals surface area contributed by atoms with Gasteiger partial charge in [-0.3, -0.25) is 9.89 Å². The van der Waals surface area contributed by atoms with Crippen LogP contribution in [-0.2, 0) is 21.2 Å². The van der Waals surface area contributed by atoms with E-state index in [1.807, 2.05) is 6.92 Å². The number of sulfone groups is 1. The van der Waals surface area contributed by atoms with Gasteiger partial charge in [0.15, 0.2) is 9.84 Å². The van der Waals surface area contributed by atoms with E-state index in [0.717, 1.165) is 12.2 Å². The fourth-order valence-corrected chi connectivity index (χ4v) is 3.77. The van der Waals surface area contributed by atoms with E-state index in [1.54, 1.807) is 21.9 Å². The molecule has 8 nitrogen and oxygen atoms in total. The first kappa shape index (κ1) is 15.7. The lowest BCUT2D eigenvalue weighted by atomic mass is 10.1. The Morgan fingerprint density at radius 1 is 1.48 bits per heavy atom. The van der Waals surface area contributed by atoms with E-state index in [-0.39, 0.29) is 23.3 Å². The van der Waals surface area contributed by atoms with Crippen molar-refractivity contribution in [2.75, 3.05) is 19.3 Å². The number of amides is 1. The van der Waals surface area contributed by atoms with Crippen molar-refractivity contribution in [3.8, 4) is 0 Å². The third-order valence-corrected chi connectivity index (χ3v) is 5.33. The summed E-state index contributed by atoms with van der Waals surface area (Å²) in [6.45, 7) is 3.21. The molecule has 0 spiro atoms. The van der Waals surface area contributed by atoms with Gasteiger partial charge in [0.25, 0.3) is 0 Å². The van der Waals surface area contributed by atoms with Gasteiger partial charge in [-0.15, -0.1) is 0 Å². The second kappa shape index (κ2) is 5.80. The van der Waals surface area contributed by atoms with Crippen LogP contribution in [0.3, 0.4) is 0 Å². The average Bonchev–Trinajstić information content (AvgIpc) is 3.17. The van der Waals surface area contributed by atoms with Crippen molar-refractivity contribution in [3.63, 3.8) is 0 Å². The minimum absolute atomic E-state index is 0.00835. The molecular weight excluding hydrogens is 318 g/mol. The minimum atomic E-state index is -3.32. The number of nitrogens with zero attached hydrogens (tertiary/aromatic N) is 4. The molecule has 0 bridgehead atoms. The molecule has 124 valence electrons. The number of aryl methyl sites for hydroxylation is 1. The normalized spacial score (nSPS) is 18.5. The zero-order valence-electron chi connectivity index (χ0n) is 13.1. The third-order valence-electron chi connectivity index (χ3n) is 4.21. The summed E-state index contributed by atoms with van der Waals surface area (Å²) in [7, 11) is -3.32. The summed E-state index contributed by atoms with van der Waals surface area (Å²) >= 11 is 0. The molecule has 0 saturated carbocycles. The topological polar surface area (TPSA) is 101 Å². The highest BCUT2D eigenvalue weighted by molar-refractivity contribution is 7.90. The van der Waals surface area contributed by atoms with E-state index >= 15 is 0 Å². The highest BCUT2D eigenvalue weighted by Gasteiger charge is 2.31. The van der Waals surface area contributed by atoms with Crippen LogP contribution < -0.4 is 0 Å². The molecule has 1 unspecified atom stereocenters. The van der Waals surface area contributed by atoms with Crippen LogP contribution in [0.15, 0.2) is 23.5 Å². The van der Waals surface area contributed by atoms with Crippen molar-refractivity contribution >= 4 is 15.7 Å². The van der Waals surface area contributed by atoms with Crippen molar-refractivity contribution in [3.05, 3.63) is 30.1 Å². The van der Waals surface area contributed by atoms with Gasteiger partial charge in [-0.05, 0) is 13.3 Å². The molecule has 1 aliphatic rings. The van der Waals surface area contributed by atoms with Crippen molar-refractivity contribution in [1.82, 2.24) is 24.6 Å². The highest BCUT2D eigenvalue weighted by Crippen LogP contribution is 2.30. The number of H-pyrrole nitrogens is 1. The molecule has 2 aromatic rings. The molecule has 1 amide bonds. The molecule has 1 fully saturated rings. The summed E-state index contributed by atoms with van der Waals surface area (Å²) in [6, 6.07) is 0. The maximum absolute atomic E-state index is 12.4. The Morgan fingerprint density at radius 3 is 2.91 bits per heavy atom. The number of hydrogen-bond acceptors (Lipinski definition) is 5. The van der Waals surface area contributed by atoms with Crippen LogP contribution in [0.4, 0.5) is 0 Å². The number of carbonyl (C=O) groups is 1. The summed E-state index contributed by atoms with van der Waals surface area (Å²) in [5, 5.41) is 6.64. The van der Waals surface area contributed by atoms with Gasteiger partial charge in [-0.25, -0.2) is 13.4 Å². The standard InChI is InChI=1S/C14H19N5O3S/c1-10-15-4-6-18(10)9-13(20)19-5-3-11(8-19)14-12(7-16-17-14)23(2,21)22/h4,6-7,11H,3,5,8-9H2,1-2H3,(H,16,17). The largest absolute Gasteiger partial charge is 0.340 e. The number of likely N-dealkylation sites (tertiary alicyclic amines) is 1. The molecule has 2 aromatic heterocycles. The number of hydrogen-bond donors (Lipinski definition) is 1. The lowest BCUT2D eigenvalue weighted by Crippen LogP contribution is -2.32. The van der Waals surface area contributed by atoms with Gasteiger partial charge in [0.2, 0.25) is 5.91 Å². The van der Waals surface area contributed by atoms with Gasteiger partial charge in [0, 0.05) is 37.7 Å². The zero-order chi connectivity index (χ0) is 16.6. The van der Waals surface area contributed by atoms with Gasteiger partial charge in [-0.2, -0.15) is 5.10 Å². The van der Waals surface area contributed by atoms with Crippen molar-refractivity contribution < 1.29 is 13.2 Å². The molecule has 9 heteroatoms. The number of aromatic amines is 1. The lowest BCUT2D eigenvalue weighted by molar-refractivity contribution is -0.130. The number of imidazole rings is 1. The van der Waals surface area contributed by atoms with Crippen LogP contribution in [0.5, 0.6) is 0 Å². The Morgan fingerprint density at radius 2 is 2.26 bits per heavy atom. The van der Waals surface area contributed by atoms with Gasteiger partial charge < -0.3 is 9.47 Å². The zero-order valence-corrected chi connectivity index (χ0v) is 13.9. The molecule has 1 N–H and O–H groups in total. The van der Waals surface area contributed by atoms with E-state index < -0.39 is 9.84 Å². The molecular formula is C14H19N5O3S. The summed E-state index contributed by atoms with van der Waals surface area (Å²) in [5.41, 5.74) is 0.599. The Bertz CT molecular complexity index is 823. The Hall–Kier alpha value is -2.16. The second-order valence-electron chi connectivity index (χ2n) is 5.85. The monoisotopic (exact) mass is 337 g/mol. The van der Waals surface area contributed by atoms with E-state index in [2.05, 4.69) is 15.2 Å². The van der Waals surface area contributed by atoms with Crippen LogP contribution in [0.25, 0.3) is 0 Å². The van der Waals surface area contributed by atoms with Crippen molar-refractivity contribution in [1.29, 1.82) is 0 Å². The first-order valence-electron chi connectivity index (χ1n) is 7.35. The second-order valence-corrected chi connectivity index (χ2v) is 7.83. The molecule has 0 aromatic carbocycles. The molecule has 3 rings (SSSR count). The number of aromatic nitrogens is 4. The summed E-state index contributed by atoms with van der Waals surface area (Å²) in [4.78, 5) is 18.5.